The Kier molecular flexibility index (Phi) is 2.79. The third kappa shape index (κ3) is 2.41. The fourth-order valence-corrected chi connectivity index (χ4v) is 1.52. The zero-order valence-electron chi connectivity index (χ0n) is 10.1. The molecule has 1 aromatic carbocycles. The molecule has 0 aliphatic carbocycles. The number of rotatable bonds is 2. The molecule has 0 unspecified atom stereocenters. The first-order valence-corrected chi connectivity index (χ1v) is 5.40. The van der Waals surface area contributed by atoms with Gasteiger partial charge in [0.25, 0.3) is 5.89 Å². The highest BCUT2D eigenvalue weighted by Crippen LogP contribution is 2.24. The second-order valence-electron chi connectivity index (χ2n) is 4.90. The molecule has 2 aromatic rings. The monoisotopic (exact) mass is 230 g/mol. The van der Waals surface area contributed by atoms with Gasteiger partial charge in [-0.15, -0.1) is 0 Å². The molecule has 0 amide bonds. The largest absolute Gasteiger partial charge is 0.331 e. The van der Waals surface area contributed by atoms with Gasteiger partial charge in [0, 0.05) is 5.56 Å². The topological polar surface area (TPSA) is 56.0 Å². The fourth-order valence-electron chi connectivity index (χ4n) is 1.52. The van der Waals surface area contributed by atoms with E-state index in [9.17, 15) is 4.79 Å². The van der Waals surface area contributed by atoms with Gasteiger partial charge in [0.15, 0.2) is 0 Å². The van der Waals surface area contributed by atoms with Gasteiger partial charge in [-0.05, 0) is 11.0 Å². The van der Waals surface area contributed by atoms with Gasteiger partial charge < -0.3 is 4.52 Å². The standard InChI is InChI=1S/C13H14N2O2/c1-13(2,3)10-6-4-9(5-7-10)12-14-11(8-16)17-15-12/h4-8H,1-3H3. The summed E-state index contributed by atoms with van der Waals surface area (Å²) in [4.78, 5) is 14.4. The van der Waals surface area contributed by atoms with E-state index in [-0.39, 0.29) is 11.3 Å². The number of carbonyl (C=O) groups is 1. The molecule has 0 fully saturated rings. The van der Waals surface area contributed by atoms with E-state index in [1.165, 1.54) is 5.56 Å². The zero-order valence-corrected chi connectivity index (χ0v) is 10.1. The Morgan fingerprint density at radius 1 is 1.18 bits per heavy atom. The molecule has 4 heteroatoms. The molecule has 0 radical (unpaired) electrons. The van der Waals surface area contributed by atoms with Gasteiger partial charge in [0.1, 0.15) is 0 Å². The summed E-state index contributed by atoms with van der Waals surface area (Å²) >= 11 is 0. The van der Waals surface area contributed by atoms with Crippen LogP contribution in [0.3, 0.4) is 0 Å². The van der Waals surface area contributed by atoms with E-state index in [2.05, 4.69) is 30.9 Å². The number of nitrogens with zero attached hydrogens (tertiary/aromatic N) is 2. The van der Waals surface area contributed by atoms with E-state index >= 15 is 0 Å². The Labute approximate surface area is 99.7 Å². The van der Waals surface area contributed by atoms with E-state index in [0.717, 1.165) is 5.56 Å². The lowest BCUT2D eigenvalue weighted by Crippen LogP contribution is -2.10. The normalized spacial score (nSPS) is 11.5. The van der Waals surface area contributed by atoms with E-state index in [0.29, 0.717) is 12.1 Å². The first-order valence-electron chi connectivity index (χ1n) is 5.40. The summed E-state index contributed by atoms with van der Waals surface area (Å²) in [7, 11) is 0. The smallest absolute Gasteiger partial charge is 0.291 e. The third-order valence-corrected chi connectivity index (χ3v) is 2.55. The van der Waals surface area contributed by atoms with Gasteiger partial charge >= 0.3 is 0 Å². The summed E-state index contributed by atoms with van der Waals surface area (Å²) in [6.07, 6.45) is 0.542. The first-order chi connectivity index (χ1) is 8.00. The Hall–Kier alpha value is -1.97. The summed E-state index contributed by atoms with van der Waals surface area (Å²) in [6.45, 7) is 6.46. The van der Waals surface area contributed by atoms with Crippen molar-refractivity contribution in [3.63, 3.8) is 0 Å². The van der Waals surface area contributed by atoms with Crippen molar-refractivity contribution in [2.45, 2.75) is 26.2 Å². The molecule has 0 bridgehead atoms. The maximum atomic E-state index is 10.4. The Bertz CT molecular complexity index is 521. The lowest BCUT2D eigenvalue weighted by Gasteiger charge is -2.18. The summed E-state index contributed by atoms with van der Waals surface area (Å²) in [5.41, 5.74) is 2.19. The predicted octanol–water partition coefficient (Wildman–Crippen LogP) is 2.85. The minimum absolute atomic E-state index is 0.0000945. The molecule has 0 spiro atoms. The molecule has 4 nitrogen and oxygen atoms in total. The second kappa shape index (κ2) is 4.13. The molecule has 0 aliphatic rings. The van der Waals surface area contributed by atoms with E-state index in [1.807, 2.05) is 24.3 Å². The number of benzene rings is 1. The Morgan fingerprint density at radius 3 is 2.29 bits per heavy atom. The zero-order chi connectivity index (χ0) is 12.5. The number of hydrogen-bond acceptors (Lipinski definition) is 4. The molecule has 0 atom stereocenters. The van der Waals surface area contributed by atoms with Gasteiger partial charge in [-0.3, -0.25) is 4.79 Å². The molecular weight excluding hydrogens is 216 g/mol. The summed E-state index contributed by atoms with van der Waals surface area (Å²) in [6, 6.07) is 7.93. The molecule has 0 saturated heterocycles. The minimum atomic E-state index is -0.0000945. The van der Waals surface area contributed by atoms with Crippen molar-refractivity contribution < 1.29 is 9.32 Å². The molecule has 17 heavy (non-hydrogen) atoms. The Balaban J connectivity index is 2.32. The van der Waals surface area contributed by atoms with Crippen LogP contribution in [0.5, 0.6) is 0 Å². The molecule has 1 aromatic heterocycles. The van der Waals surface area contributed by atoms with Crippen molar-refractivity contribution in [1.82, 2.24) is 10.1 Å². The lowest BCUT2D eigenvalue weighted by atomic mass is 9.87. The molecule has 1 heterocycles. The molecule has 0 N–H and O–H groups in total. The van der Waals surface area contributed by atoms with Gasteiger partial charge in [-0.25, -0.2) is 0 Å². The van der Waals surface area contributed by atoms with Crippen LogP contribution in [0, 0.1) is 0 Å². The van der Waals surface area contributed by atoms with Gasteiger partial charge in [0.05, 0.1) is 0 Å². The average Bonchev–Trinajstić information content (AvgIpc) is 2.76. The van der Waals surface area contributed by atoms with Crippen LogP contribution in [-0.4, -0.2) is 16.4 Å². The highest BCUT2D eigenvalue weighted by molar-refractivity contribution is 5.69. The van der Waals surface area contributed by atoms with Crippen LogP contribution >= 0.6 is 0 Å². The molecule has 2 rings (SSSR count). The van der Waals surface area contributed by atoms with Crippen LogP contribution in [0.2, 0.25) is 0 Å². The Morgan fingerprint density at radius 2 is 1.82 bits per heavy atom. The fraction of sp³-hybridized carbons (Fsp3) is 0.308. The number of aromatic nitrogens is 2. The predicted molar refractivity (Wildman–Crippen MR) is 63.8 cm³/mol. The van der Waals surface area contributed by atoms with Crippen LogP contribution in [0.25, 0.3) is 11.4 Å². The molecule has 0 aliphatic heterocycles. The maximum absolute atomic E-state index is 10.4. The van der Waals surface area contributed by atoms with Crippen molar-refractivity contribution in [3.05, 3.63) is 35.7 Å². The van der Waals surface area contributed by atoms with E-state index < -0.39 is 0 Å². The maximum Gasteiger partial charge on any atom is 0.291 e. The van der Waals surface area contributed by atoms with Crippen LogP contribution in [0.1, 0.15) is 37.0 Å². The molecular formula is C13H14N2O2. The number of hydrogen-bond donors (Lipinski definition) is 0. The minimum Gasteiger partial charge on any atom is -0.331 e. The second-order valence-corrected chi connectivity index (χ2v) is 4.90. The lowest BCUT2D eigenvalue weighted by molar-refractivity contribution is 0.108. The number of aldehydes is 1. The van der Waals surface area contributed by atoms with Crippen molar-refractivity contribution in [3.8, 4) is 11.4 Å². The van der Waals surface area contributed by atoms with Crippen LogP contribution < -0.4 is 0 Å². The van der Waals surface area contributed by atoms with Crippen molar-refractivity contribution in [2.75, 3.05) is 0 Å². The van der Waals surface area contributed by atoms with E-state index in [4.69, 9.17) is 4.52 Å². The van der Waals surface area contributed by atoms with Gasteiger partial charge in [0.2, 0.25) is 12.1 Å². The third-order valence-electron chi connectivity index (χ3n) is 2.55. The van der Waals surface area contributed by atoms with E-state index in [1.54, 1.807) is 0 Å². The highest BCUT2D eigenvalue weighted by atomic mass is 16.5. The SMILES string of the molecule is CC(C)(C)c1ccc(-c2noc(C=O)n2)cc1. The number of carbonyl (C=O) groups excluding carboxylic acids is 1. The summed E-state index contributed by atoms with van der Waals surface area (Å²) in [5, 5.41) is 3.73. The van der Waals surface area contributed by atoms with Gasteiger partial charge in [-0.1, -0.05) is 50.2 Å². The molecule has 0 saturated carbocycles. The van der Waals surface area contributed by atoms with Crippen molar-refractivity contribution >= 4 is 6.29 Å². The van der Waals surface area contributed by atoms with Crippen molar-refractivity contribution in [2.24, 2.45) is 0 Å². The highest BCUT2D eigenvalue weighted by Gasteiger charge is 2.14. The summed E-state index contributed by atoms with van der Waals surface area (Å²) in [5.74, 6) is 0.437. The van der Waals surface area contributed by atoms with Crippen molar-refractivity contribution in [1.29, 1.82) is 0 Å². The first kappa shape index (κ1) is 11.5. The van der Waals surface area contributed by atoms with Crippen LogP contribution in [0.4, 0.5) is 0 Å². The summed E-state index contributed by atoms with van der Waals surface area (Å²) < 4.78 is 4.74. The van der Waals surface area contributed by atoms with Crippen LogP contribution in [-0.2, 0) is 5.41 Å². The average molecular weight is 230 g/mol. The van der Waals surface area contributed by atoms with Crippen LogP contribution in [0.15, 0.2) is 28.8 Å². The van der Waals surface area contributed by atoms with Gasteiger partial charge in [-0.2, -0.15) is 4.98 Å². The quantitative estimate of drug-likeness (QED) is 0.744. The molecule has 88 valence electrons.